The summed E-state index contributed by atoms with van der Waals surface area (Å²) < 4.78 is 0. The van der Waals surface area contributed by atoms with Gasteiger partial charge in [0.15, 0.2) is 5.96 Å². The van der Waals surface area contributed by atoms with Crippen molar-refractivity contribution in [1.29, 1.82) is 0 Å². The highest BCUT2D eigenvalue weighted by Crippen LogP contribution is 2.43. The number of hydrogen-bond acceptors (Lipinski definition) is 4. The molecule has 0 spiro atoms. The van der Waals surface area contributed by atoms with Gasteiger partial charge in [-0.15, -0.1) is 0 Å². The Kier molecular flexibility index (Phi) is 6.77. The molecule has 0 fully saturated rings. The van der Waals surface area contributed by atoms with Gasteiger partial charge < -0.3 is 27.2 Å². The Hall–Kier alpha value is -4.66. The van der Waals surface area contributed by atoms with E-state index < -0.39 is 17.9 Å². The van der Waals surface area contributed by atoms with Crippen molar-refractivity contribution in [2.24, 2.45) is 16.5 Å². The van der Waals surface area contributed by atoms with Gasteiger partial charge in [-0.2, -0.15) is 0 Å². The van der Waals surface area contributed by atoms with Gasteiger partial charge in [0.2, 0.25) is 5.91 Å². The van der Waals surface area contributed by atoms with Crippen LogP contribution in [-0.4, -0.2) is 35.4 Å². The number of carbonyl (C=O) groups excluding carboxylic acids is 2. The van der Waals surface area contributed by atoms with E-state index in [4.69, 9.17) is 16.6 Å². The van der Waals surface area contributed by atoms with Gasteiger partial charge in [0, 0.05) is 12.0 Å². The lowest BCUT2D eigenvalue weighted by atomic mass is 10.00. The maximum Gasteiger partial charge on any atom is 0.303 e. The van der Waals surface area contributed by atoms with Gasteiger partial charge in [-0.05, 0) is 52.4 Å². The van der Waals surface area contributed by atoms with Gasteiger partial charge in [-0.3, -0.25) is 14.4 Å². The van der Waals surface area contributed by atoms with Crippen molar-refractivity contribution in [2.75, 3.05) is 6.54 Å². The number of aliphatic carboxylic acids is 1. The number of nitrogens with two attached hydrogens (primary N) is 2. The van der Waals surface area contributed by atoms with E-state index in [-0.39, 0.29) is 24.8 Å². The third kappa shape index (κ3) is 5.47. The van der Waals surface area contributed by atoms with Crippen LogP contribution in [0.5, 0.6) is 0 Å². The Morgan fingerprint density at radius 1 is 0.914 bits per heavy atom. The molecule has 4 rings (SSSR count). The minimum Gasteiger partial charge on any atom is -0.481 e. The van der Waals surface area contributed by atoms with E-state index in [1.807, 2.05) is 42.5 Å². The number of benzene rings is 3. The molecule has 2 amide bonds. The van der Waals surface area contributed by atoms with E-state index in [9.17, 15) is 14.4 Å². The van der Waals surface area contributed by atoms with E-state index in [1.165, 1.54) is 6.07 Å². The lowest BCUT2D eigenvalue weighted by molar-refractivity contribution is -0.137. The van der Waals surface area contributed by atoms with E-state index in [2.05, 4.69) is 15.6 Å². The minimum atomic E-state index is -0.863. The zero-order valence-corrected chi connectivity index (χ0v) is 18.8. The maximum absolute atomic E-state index is 12.8. The van der Waals surface area contributed by atoms with Gasteiger partial charge in [-0.25, -0.2) is 4.99 Å². The van der Waals surface area contributed by atoms with Crippen molar-refractivity contribution in [1.82, 2.24) is 10.6 Å². The fraction of sp³-hybridized carbons (Fsp3) is 0.154. The van der Waals surface area contributed by atoms with Crippen LogP contribution in [0.2, 0.25) is 0 Å². The van der Waals surface area contributed by atoms with Crippen molar-refractivity contribution >= 4 is 29.4 Å². The first-order valence-electron chi connectivity index (χ1n) is 11.0. The molecular formula is C26H25N5O4. The number of carboxylic acid groups (broad SMARTS) is 1. The first-order valence-corrected chi connectivity index (χ1v) is 11.0. The van der Waals surface area contributed by atoms with Crippen LogP contribution in [0.15, 0.2) is 71.7 Å². The molecule has 0 bridgehead atoms. The number of aryl methyl sites for hydroxylation is 1. The molecule has 0 radical (unpaired) electrons. The van der Waals surface area contributed by atoms with Crippen molar-refractivity contribution < 1.29 is 19.5 Å². The van der Waals surface area contributed by atoms with Crippen LogP contribution in [0.4, 0.5) is 5.69 Å². The molecule has 1 unspecified atom stereocenters. The number of hydrogen-bond donors (Lipinski definition) is 5. The third-order valence-electron chi connectivity index (χ3n) is 5.70. The molecule has 9 heteroatoms. The van der Waals surface area contributed by atoms with Crippen molar-refractivity contribution in [2.45, 2.75) is 18.9 Å². The zero-order valence-electron chi connectivity index (χ0n) is 18.8. The van der Waals surface area contributed by atoms with Crippen molar-refractivity contribution in [3.8, 4) is 11.1 Å². The first kappa shape index (κ1) is 23.5. The summed E-state index contributed by atoms with van der Waals surface area (Å²) in [6, 6.07) is 19.6. The van der Waals surface area contributed by atoms with Crippen LogP contribution in [0.3, 0.4) is 0 Å². The molecule has 9 nitrogen and oxygen atoms in total. The lowest BCUT2D eigenvalue weighted by Gasteiger charge is -2.17. The van der Waals surface area contributed by atoms with Crippen molar-refractivity contribution in [3.63, 3.8) is 0 Å². The molecule has 178 valence electrons. The van der Waals surface area contributed by atoms with Crippen LogP contribution >= 0.6 is 0 Å². The summed E-state index contributed by atoms with van der Waals surface area (Å²) in [7, 11) is 0. The van der Waals surface area contributed by atoms with E-state index in [0.29, 0.717) is 17.7 Å². The van der Waals surface area contributed by atoms with Crippen molar-refractivity contribution in [3.05, 3.63) is 89.0 Å². The smallest absolute Gasteiger partial charge is 0.303 e. The number of fused-ring (bicyclic) bond motifs is 3. The van der Waals surface area contributed by atoms with Crippen LogP contribution in [-0.2, 0) is 16.0 Å². The second-order valence-electron chi connectivity index (χ2n) is 8.17. The quantitative estimate of drug-likeness (QED) is 0.250. The van der Waals surface area contributed by atoms with Crippen LogP contribution in [0, 0.1) is 0 Å². The first-order chi connectivity index (χ1) is 16.8. The molecule has 1 atom stereocenters. The number of rotatable bonds is 8. The summed E-state index contributed by atoms with van der Waals surface area (Å²) in [6.45, 7) is -0.224. The fourth-order valence-electron chi connectivity index (χ4n) is 4.16. The minimum absolute atomic E-state index is 0.0270. The monoisotopic (exact) mass is 471 g/mol. The Labute approximate surface area is 201 Å². The Bertz CT molecular complexity index is 1330. The number of guanidine groups is 1. The summed E-state index contributed by atoms with van der Waals surface area (Å²) in [6.07, 6.45) is 0.424. The molecule has 0 aliphatic heterocycles. The zero-order chi connectivity index (χ0) is 24.9. The summed E-state index contributed by atoms with van der Waals surface area (Å²) in [5.41, 5.74) is 16.2. The predicted octanol–water partition coefficient (Wildman–Crippen LogP) is 2.22. The summed E-state index contributed by atoms with van der Waals surface area (Å²) >= 11 is 0. The lowest BCUT2D eigenvalue weighted by Crippen LogP contribution is -2.38. The topological polar surface area (TPSA) is 160 Å². The number of carboxylic acids is 1. The summed E-state index contributed by atoms with van der Waals surface area (Å²) in [4.78, 5) is 40.3. The van der Waals surface area contributed by atoms with Crippen LogP contribution in [0.1, 0.15) is 39.5 Å². The molecule has 0 aromatic heterocycles. The highest BCUT2D eigenvalue weighted by atomic mass is 16.4. The summed E-state index contributed by atoms with van der Waals surface area (Å²) in [5.74, 6) is -1.78. The molecule has 3 aromatic rings. The van der Waals surface area contributed by atoms with Gasteiger partial charge in [0.05, 0.1) is 18.3 Å². The van der Waals surface area contributed by atoms with Crippen LogP contribution in [0.25, 0.3) is 11.1 Å². The van der Waals surface area contributed by atoms with Gasteiger partial charge in [-0.1, -0.05) is 48.5 Å². The van der Waals surface area contributed by atoms with Gasteiger partial charge in [0.25, 0.3) is 5.91 Å². The van der Waals surface area contributed by atoms with E-state index in [1.54, 1.807) is 18.2 Å². The molecule has 1 aliphatic carbocycles. The second-order valence-corrected chi connectivity index (χ2v) is 8.17. The van der Waals surface area contributed by atoms with Crippen LogP contribution < -0.4 is 22.1 Å². The standard InChI is InChI=1S/C26H25N5O4/c27-26(28)30-17-5-3-4-16(13-17)25(35)29-14-22(32)31-24-20-7-2-1-6-18(20)19-10-8-15(12-21(19)24)9-11-23(33)34/h1-8,10,12-13,24H,9,11,14H2,(H,29,35)(H,31,32)(H,33,34)(H4,27,28,30). The average molecular weight is 472 g/mol. The van der Waals surface area contributed by atoms with E-state index >= 15 is 0 Å². The number of amides is 2. The molecule has 0 saturated carbocycles. The number of nitrogens with one attached hydrogen (secondary N) is 2. The highest BCUT2D eigenvalue weighted by molar-refractivity contribution is 5.97. The Morgan fingerprint density at radius 2 is 1.69 bits per heavy atom. The molecule has 0 heterocycles. The molecule has 35 heavy (non-hydrogen) atoms. The Balaban J connectivity index is 1.47. The second kappa shape index (κ2) is 10.1. The molecular weight excluding hydrogens is 446 g/mol. The normalized spacial score (nSPS) is 13.3. The largest absolute Gasteiger partial charge is 0.481 e. The predicted molar refractivity (Wildman–Crippen MR) is 132 cm³/mol. The number of carbonyl (C=O) groups is 3. The number of aliphatic imine (C=N–C) groups is 1. The molecule has 0 saturated heterocycles. The fourth-order valence-corrected chi connectivity index (χ4v) is 4.16. The SMILES string of the molecule is NC(N)=Nc1cccc(C(=O)NCC(=O)NC2c3ccccc3-c3ccc(CCC(=O)O)cc32)c1. The van der Waals surface area contributed by atoms with Gasteiger partial charge >= 0.3 is 5.97 Å². The molecule has 1 aliphatic rings. The van der Waals surface area contributed by atoms with Gasteiger partial charge in [0.1, 0.15) is 0 Å². The summed E-state index contributed by atoms with van der Waals surface area (Å²) in [5, 5.41) is 14.6. The highest BCUT2D eigenvalue weighted by Gasteiger charge is 2.29. The third-order valence-corrected chi connectivity index (χ3v) is 5.70. The Morgan fingerprint density at radius 3 is 2.46 bits per heavy atom. The van der Waals surface area contributed by atoms with E-state index in [0.717, 1.165) is 27.8 Å². The molecule has 7 N–H and O–H groups in total. The average Bonchev–Trinajstić information content (AvgIpc) is 3.14. The number of nitrogens with zero attached hydrogens (tertiary/aromatic N) is 1. The molecule has 3 aromatic carbocycles. The maximum atomic E-state index is 12.8.